The van der Waals surface area contributed by atoms with E-state index in [1.165, 1.54) is 50.1 Å². The zero-order valence-corrected chi connectivity index (χ0v) is 43.2. The molecule has 4 aromatic rings. The molecule has 0 unspecified atom stereocenters. The molecule has 3 nitrogen and oxygen atoms in total. The number of benzene rings is 4. The Morgan fingerprint density at radius 2 is 0.467 bits per heavy atom. The molecular formula is C56H84O3S. The summed E-state index contributed by atoms with van der Waals surface area (Å²) in [5.41, 5.74) is 16.0. The maximum Gasteiger partial charge on any atom is 0.123 e. The van der Waals surface area contributed by atoms with Crippen LogP contribution < -0.4 is 0 Å². The summed E-state index contributed by atoms with van der Waals surface area (Å²) < 4.78 is 0. The van der Waals surface area contributed by atoms with Gasteiger partial charge in [-0.15, -0.1) is 0 Å². The number of phenols is 3. The van der Waals surface area contributed by atoms with Crippen molar-refractivity contribution in [1.29, 1.82) is 0 Å². The van der Waals surface area contributed by atoms with Gasteiger partial charge in [-0.2, -0.15) is 11.8 Å². The maximum absolute atomic E-state index is 11.6. The third-order valence-electron chi connectivity index (χ3n) is 12.2. The molecule has 4 heteroatoms. The van der Waals surface area contributed by atoms with Crippen LogP contribution in [0, 0.1) is 20.8 Å². The highest BCUT2D eigenvalue weighted by Gasteiger charge is 2.31. The Balaban J connectivity index is 0.00000311. The Bertz CT molecular complexity index is 1800. The van der Waals surface area contributed by atoms with Crippen LogP contribution in [0.4, 0.5) is 0 Å². The molecule has 332 valence electrons. The van der Waals surface area contributed by atoms with Gasteiger partial charge in [0.25, 0.3) is 0 Å². The van der Waals surface area contributed by atoms with Crippen molar-refractivity contribution in [3.8, 4) is 17.2 Å². The monoisotopic (exact) mass is 837 g/mol. The van der Waals surface area contributed by atoms with Crippen molar-refractivity contribution in [2.45, 2.75) is 197 Å². The smallest absolute Gasteiger partial charge is 0.123 e. The van der Waals surface area contributed by atoms with Gasteiger partial charge in [0, 0.05) is 0 Å². The van der Waals surface area contributed by atoms with E-state index in [0.717, 1.165) is 52.6 Å². The Morgan fingerprint density at radius 1 is 0.333 bits per heavy atom. The van der Waals surface area contributed by atoms with Crippen molar-refractivity contribution in [3.05, 3.63) is 120 Å². The minimum Gasteiger partial charge on any atom is -0.507 e. The molecule has 0 fully saturated rings. The van der Waals surface area contributed by atoms with Gasteiger partial charge in [-0.3, -0.25) is 0 Å². The number of aromatic hydroxyl groups is 3. The van der Waals surface area contributed by atoms with Crippen LogP contribution in [-0.4, -0.2) is 27.8 Å². The van der Waals surface area contributed by atoms with Crippen LogP contribution in [0.25, 0.3) is 0 Å². The zero-order valence-electron chi connectivity index (χ0n) is 42.3. The second-order valence-electron chi connectivity index (χ2n) is 23.9. The molecule has 0 aromatic heterocycles. The molecule has 0 amide bonds. The minimum absolute atomic E-state index is 0.226. The fourth-order valence-electron chi connectivity index (χ4n) is 8.62. The molecule has 0 atom stereocenters. The Hall–Kier alpha value is -3.37. The van der Waals surface area contributed by atoms with E-state index in [2.05, 4.69) is 182 Å². The summed E-state index contributed by atoms with van der Waals surface area (Å²) in [4.78, 5) is 0. The number of hydrogen-bond donors (Lipinski definition) is 3. The molecule has 0 heterocycles. The molecule has 4 rings (SSSR count). The molecular weight excluding hydrogens is 753 g/mol. The quantitative estimate of drug-likeness (QED) is 0.181. The predicted molar refractivity (Wildman–Crippen MR) is 265 cm³/mol. The predicted octanol–water partition coefficient (Wildman–Crippen LogP) is 15.3. The van der Waals surface area contributed by atoms with Crippen LogP contribution in [0.5, 0.6) is 17.2 Å². The summed E-state index contributed by atoms with van der Waals surface area (Å²) in [5, 5.41) is 34.9. The maximum atomic E-state index is 11.6. The SMILES string of the molecule is CSC.Cc1c(Cc2cc(C(C)(C)C)c(O)c(C(C)(C)C)c2)c(C)c(Cc2cc(C(C)(C)C)c(O)c(C(C)(C)C)c2)c(C)c1Cc1cc(C(C)(C)C)c(O)c(C(C)(C)C)c1. The minimum atomic E-state index is -0.226. The Morgan fingerprint density at radius 3 is 0.583 bits per heavy atom. The first-order valence-electron chi connectivity index (χ1n) is 22.1. The van der Waals surface area contributed by atoms with Gasteiger partial charge in [0.05, 0.1) is 0 Å². The summed E-state index contributed by atoms with van der Waals surface area (Å²) in [6.07, 6.45) is 6.32. The lowest BCUT2D eigenvalue weighted by Crippen LogP contribution is -2.19. The van der Waals surface area contributed by atoms with Crippen molar-refractivity contribution in [2.75, 3.05) is 12.5 Å². The average molecular weight is 837 g/mol. The van der Waals surface area contributed by atoms with Crippen molar-refractivity contribution in [3.63, 3.8) is 0 Å². The van der Waals surface area contributed by atoms with Gasteiger partial charge in [-0.25, -0.2) is 0 Å². The van der Waals surface area contributed by atoms with Crippen molar-refractivity contribution in [1.82, 2.24) is 0 Å². The van der Waals surface area contributed by atoms with E-state index < -0.39 is 0 Å². The van der Waals surface area contributed by atoms with Gasteiger partial charge in [0.2, 0.25) is 0 Å². The molecule has 0 radical (unpaired) electrons. The first-order chi connectivity index (χ1) is 27.0. The summed E-state index contributed by atoms with van der Waals surface area (Å²) in [6, 6.07) is 13.4. The number of hydrogen-bond acceptors (Lipinski definition) is 4. The van der Waals surface area contributed by atoms with Crippen molar-refractivity contribution >= 4 is 11.8 Å². The largest absolute Gasteiger partial charge is 0.507 e. The van der Waals surface area contributed by atoms with Gasteiger partial charge in [-0.1, -0.05) is 161 Å². The van der Waals surface area contributed by atoms with Crippen molar-refractivity contribution < 1.29 is 15.3 Å². The van der Waals surface area contributed by atoms with Gasteiger partial charge in [-0.05, 0) is 168 Å². The topological polar surface area (TPSA) is 60.7 Å². The molecule has 0 aliphatic rings. The Labute approximate surface area is 372 Å². The lowest BCUT2D eigenvalue weighted by Gasteiger charge is -2.30. The van der Waals surface area contributed by atoms with E-state index >= 15 is 0 Å². The van der Waals surface area contributed by atoms with E-state index in [1.54, 1.807) is 11.8 Å². The van der Waals surface area contributed by atoms with Crippen LogP contribution in [0.3, 0.4) is 0 Å². The van der Waals surface area contributed by atoms with E-state index in [9.17, 15) is 15.3 Å². The normalized spacial score (nSPS) is 13.1. The summed E-state index contributed by atoms with van der Waals surface area (Å²) >= 11 is 1.75. The summed E-state index contributed by atoms with van der Waals surface area (Å²) in [5.74, 6) is 1.22. The number of rotatable bonds is 6. The second-order valence-corrected chi connectivity index (χ2v) is 24.7. The van der Waals surface area contributed by atoms with Crippen LogP contribution in [-0.2, 0) is 51.8 Å². The van der Waals surface area contributed by atoms with Crippen molar-refractivity contribution in [2.24, 2.45) is 0 Å². The fourth-order valence-corrected chi connectivity index (χ4v) is 8.62. The van der Waals surface area contributed by atoms with Gasteiger partial charge >= 0.3 is 0 Å². The van der Waals surface area contributed by atoms with Gasteiger partial charge in [0.1, 0.15) is 17.2 Å². The third-order valence-corrected chi connectivity index (χ3v) is 12.2. The van der Waals surface area contributed by atoms with E-state index in [0.29, 0.717) is 17.2 Å². The Kier molecular flexibility index (Phi) is 15.1. The lowest BCUT2D eigenvalue weighted by atomic mass is 9.75. The molecule has 0 spiro atoms. The molecule has 0 saturated heterocycles. The highest BCUT2D eigenvalue weighted by Crippen LogP contribution is 2.45. The van der Waals surface area contributed by atoms with Crippen LogP contribution in [0.15, 0.2) is 36.4 Å². The first kappa shape index (κ1) is 51.0. The van der Waals surface area contributed by atoms with E-state index in [1.807, 2.05) is 12.5 Å². The standard InChI is InChI=1S/C54H78O3.C2H6S/c1-31-37(22-34-25-40(49(4,5)6)46(55)41(26-34)50(7,8)9)32(2)39(24-36-29-44(53(16,17)18)48(57)45(30-36)54(19,20)21)33(3)38(31)23-35-27-42(51(10,11)12)47(56)43(28-35)52(13,14)15;1-3-2/h25-30,55-57H,22-24H2,1-21H3;1-2H3. The molecule has 0 saturated carbocycles. The number of phenolic OH excluding ortho intramolecular Hbond substituents is 3. The first-order valence-corrected chi connectivity index (χ1v) is 23.7. The average Bonchev–Trinajstić information content (AvgIpc) is 3.06. The van der Waals surface area contributed by atoms with E-state index in [-0.39, 0.29) is 32.5 Å². The molecule has 0 aliphatic heterocycles. The zero-order chi connectivity index (χ0) is 46.5. The van der Waals surface area contributed by atoms with Crippen LogP contribution in [0.2, 0.25) is 0 Å². The van der Waals surface area contributed by atoms with Crippen LogP contribution in [0.1, 0.15) is 208 Å². The van der Waals surface area contributed by atoms with Gasteiger partial charge in [0.15, 0.2) is 0 Å². The summed E-state index contributed by atoms with van der Waals surface area (Å²) in [7, 11) is 0. The molecule has 60 heavy (non-hydrogen) atoms. The molecule has 0 aliphatic carbocycles. The number of thioether (sulfide) groups is 1. The fraction of sp³-hybridized carbons (Fsp3) is 0.571. The second kappa shape index (κ2) is 17.8. The van der Waals surface area contributed by atoms with Crippen LogP contribution >= 0.6 is 11.8 Å². The third kappa shape index (κ3) is 11.6. The highest BCUT2D eigenvalue weighted by molar-refractivity contribution is 7.97. The van der Waals surface area contributed by atoms with E-state index in [4.69, 9.17) is 0 Å². The lowest BCUT2D eigenvalue weighted by molar-refractivity contribution is 0.422. The molecule has 0 bridgehead atoms. The molecule has 4 aromatic carbocycles. The molecule has 3 N–H and O–H groups in total. The highest BCUT2D eigenvalue weighted by atomic mass is 32.2. The summed E-state index contributed by atoms with van der Waals surface area (Å²) in [6.45, 7) is 46.2. The van der Waals surface area contributed by atoms with Gasteiger partial charge < -0.3 is 15.3 Å².